The molecule has 126 valence electrons. The Bertz CT molecular complexity index is 958. The van der Waals surface area contributed by atoms with Crippen molar-refractivity contribution >= 4 is 45.9 Å². The zero-order valence-corrected chi connectivity index (χ0v) is 17.3. The van der Waals surface area contributed by atoms with Gasteiger partial charge in [0, 0.05) is 24.2 Å². The van der Waals surface area contributed by atoms with Gasteiger partial charge < -0.3 is 33.4 Å². The number of aliphatic hydroxyl groups excluding tert-OH is 1. The van der Waals surface area contributed by atoms with E-state index in [1.54, 1.807) is 36.0 Å². The van der Waals surface area contributed by atoms with Gasteiger partial charge in [-0.25, -0.2) is 14.5 Å². The smallest absolute Gasteiger partial charge is 1.00 e. The fraction of sp³-hybridized carbons (Fsp3) is 0.125. The quantitative estimate of drug-likeness (QED) is 0.345. The molecular weight excluding hydrogens is 418 g/mol. The van der Waals surface area contributed by atoms with E-state index in [1.807, 2.05) is 28.9 Å². The number of imidazole rings is 2. The summed E-state index contributed by atoms with van der Waals surface area (Å²) in [6, 6.07) is 7.10. The molecule has 9 heteroatoms. The van der Waals surface area contributed by atoms with Crippen LogP contribution in [0.2, 0.25) is 5.15 Å². The van der Waals surface area contributed by atoms with E-state index in [-0.39, 0.29) is 40.0 Å². The van der Waals surface area contributed by atoms with Crippen LogP contribution < -0.4 is 17.0 Å². The second-order valence-electron chi connectivity index (χ2n) is 4.67. The largest absolute Gasteiger partial charge is 2.00 e. The summed E-state index contributed by atoms with van der Waals surface area (Å²) in [7, 11) is 0. The Kier molecular flexibility index (Phi) is 8.29. The normalized spacial score (nSPS) is 11.2. The molecule has 0 aromatic carbocycles. The van der Waals surface area contributed by atoms with E-state index >= 15 is 0 Å². The molecule has 4 aromatic heterocycles. The van der Waals surface area contributed by atoms with Gasteiger partial charge in [-0.1, -0.05) is 17.7 Å². The Morgan fingerprint density at radius 3 is 2.60 bits per heavy atom. The number of fused-ring (bicyclic) bond motifs is 2. The van der Waals surface area contributed by atoms with Crippen LogP contribution in [0.3, 0.4) is 0 Å². The third kappa shape index (κ3) is 4.32. The van der Waals surface area contributed by atoms with Gasteiger partial charge in [-0.2, -0.15) is 12.0 Å². The third-order valence-corrected chi connectivity index (χ3v) is 3.57. The zero-order valence-electron chi connectivity index (χ0n) is 13.5. The SMILES string of the molecule is OC(c1ccc2nccn2c1)c1cnc2ccc(Cl)nn12.[Br-].[CH2-]C.[Mg+2]. The number of aliphatic hydroxyl groups is 1. The molecule has 0 saturated heterocycles. The number of aromatic nitrogens is 5. The van der Waals surface area contributed by atoms with Crippen LogP contribution in [0.25, 0.3) is 11.3 Å². The van der Waals surface area contributed by atoms with Crippen molar-refractivity contribution in [1.29, 1.82) is 0 Å². The summed E-state index contributed by atoms with van der Waals surface area (Å²) < 4.78 is 3.40. The number of rotatable bonds is 2. The molecule has 1 unspecified atom stereocenters. The summed E-state index contributed by atoms with van der Waals surface area (Å²) in [5.41, 5.74) is 2.75. The summed E-state index contributed by atoms with van der Waals surface area (Å²) in [5.74, 6) is 0. The Morgan fingerprint density at radius 2 is 1.84 bits per heavy atom. The molecule has 25 heavy (non-hydrogen) atoms. The second kappa shape index (κ2) is 9.49. The van der Waals surface area contributed by atoms with Crippen molar-refractivity contribution in [3.05, 3.63) is 72.4 Å². The molecule has 0 aliphatic rings. The van der Waals surface area contributed by atoms with Crippen molar-refractivity contribution in [2.24, 2.45) is 0 Å². The molecule has 4 heterocycles. The molecule has 6 nitrogen and oxygen atoms in total. The first-order valence-electron chi connectivity index (χ1n) is 7.04. The molecule has 0 aliphatic carbocycles. The Hall–Kier alpha value is -1.19. The number of halogens is 2. The molecule has 0 spiro atoms. The van der Waals surface area contributed by atoms with Crippen molar-refractivity contribution in [2.75, 3.05) is 0 Å². The van der Waals surface area contributed by atoms with Gasteiger partial charge in [0.2, 0.25) is 0 Å². The standard InChI is InChI=1S/C14H10ClN5O.C2H5.BrH.Mg/c15-11-2-4-13-17-7-10(20(13)18-11)14(21)9-1-3-12-16-5-6-19(12)8-9;1-2;;/h1-8,14,21H;1H2,2H3;1H;/q;-1;;+2/p-1. The topological polar surface area (TPSA) is 67.7 Å². The van der Waals surface area contributed by atoms with Crippen LogP contribution >= 0.6 is 11.6 Å². The first-order valence-corrected chi connectivity index (χ1v) is 7.42. The van der Waals surface area contributed by atoms with Gasteiger partial charge in [-0.3, -0.25) is 0 Å². The summed E-state index contributed by atoms with van der Waals surface area (Å²) in [6.07, 6.45) is 6.12. The van der Waals surface area contributed by atoms with Crippen LogP contribution in [-0.2, 0) is 0 Å². The van der Waals surface area contributed by atoms with Gasteiger partial charge in [-0.05, 0) is 18.2 Å². The molecule has 0 fully saturated rings. The fourth-order valence-electron chi connectivity index (χ4n) is 2.32. The van der Waals surface area contributed by atoms with E-state index in [0.717, 1.165) is 11.2 Å². The number of hydrogen-bond acceptors (Lipinski definition) is 4. The molecule has 1 N–H and O–H groups in total. The summed E-state index contributed by atoms with van der Waals surface area (Å²) >= 11 is 5.91. The van der Waals surface area contributed by atoms with Gasteiger partial charge in [0.1, 0.15) is 16.9 Å². The molecule has 0 saturated carbocycles. The first kappa shape index (κ1) is 21.8. The van der Waals surface area contributed by atoms with Gasteiger partial charge in [-0.15, -0.1) is 0 Å². The van der Waals surface area contributed by atoms with E-state index in [4.69, 9.17) is 11.6 Å². The minimum absolute atomic E-state index is 0. The molecule has 0 aliphatic heterocycles. The van der Waals surface area contributed by atoms with Gasteiger partial charge >= 0.3 is 23.1 Å². The van der Waals surface area contributed by atoms with Crippen LogP contribution in [0.5, 0.6) is 0 Å². The number of hydrogen-bond donors (Lipinski definition) is 1. The Labute approximate surface area is 176 Å². The fourth-order valence-corrected chi connectivity index (χ4v) is 2.46. The van der Waals surface area contributed by atoms with Crippen LogP contribution in [0.4, 0.5) is 0 Å². The van der Waals surface area contributed by atoms with E-state index in [1.165, 1.54) is 0 Å². The molecule has 4 rings (SSSR count). The molecule has 4 aromatic rings. The molecule has 0 bridgehead atoms. The molecule has 1 atom stereocenters. The summed E-state index contributed by atoms with van der Waals surface area (Å²) in [6.45, 7) is 5.00. The van der Waals surface area contributed by atoms with Crippen molar-refractivity contribution in [3.63, 3.8) is 0 Å². The van der Waals surface area contributed by atoms with Gasteiger partial charge in [0.15, 0.2) is 5.65 Å². The average Bonchev–Trinajstić information content (AvgIpc) is 3.21. The van der Waals surface area contributed by atoms with Crippen molar-refractivity contribution in [2.45, 2.75) is 13.0 Å². The minimum atomic E-state index is -0.849. The number of pyridine rings is 1. The predicted octanol–water partition coefficient (Wildman–Crippen LogP) is -0.424. The average molecular weight is 433 g/mol. The predicted molar refractivity (Wildman–Crippen MR) is 94.0 cm³/mol. The Morgan fingerprint density at radius 1 is 1.12 bits per heavy atom. The van der Waals surface area contributed by atoms with E-state index in [9.17, 15) is 5.11 Å². The zero-order chi connectivity index (χ0) is 16.4. The van der Waals surface area contributed by atoms with E-state index < -0.39 is 6.10 Å². The van der Waals surface area contributed by atoms with Crippen LogP contribution in [0.15, 0.2) is 49.1 Å². The first-order chi connectivity index (χ1) is 11.2. The van der Waals surface area contributed by atoms with Crippen LogP contribution in [-0.4, -0.2) is 52.1 Å². The van der Waals surface area contributed by atoms with Crippen LogP contribution in [0.1, 0.15) is 24.3 Å². The monoisotopic (exact) mass is 431 g/mol. The van der Waals surface area contributed by atoms with Gasteiger partial charge in [0.05, 0.1) is 11.9 Å². The van der Waals surface area contributed by atoms with Crippen molar-refractivity contribution in [3.8, 4) is 0 Å². The Balaban J connectivity index is 0.000000755. The van der Waals surface area contributed by atoms with Crippen molar-refractivity contribution < 1.29 is 22.1 Å². The summed E-state index contributed by atoms with van der Waals surface area (Å²) in [5, 5.41) is 15.1. The van der Waals surface area contributed by atoms with Crippen LogP contribution in [0, 0.1) is 6.92 Å². The van der Waals surface area contributed by atoms with E-state index in [0.29, 0.717) is 16.5 Å². The number of nitrogens with zero attached hydrogens (tertiary/aromatic N) is 5. The minimum Gasteiger partial charge on any atom is -1.00 e. The van der Waals surface area contributed by atoms with Gasteiger partial charge in [0.25, 0.3) is 0 Å². The maximum atomic E-state index is 10.6. The summed E-state index contributed by atoms with van der Waals surface area (Å²) in [4.78, 5) is 8.40. The van der Waals surface area contributed by atoms with Crippen molar-refractivity contribution in [1.82, 2.24) is 24.0 Å². The van der Waals surface area contributed by atoms with E-state index in [2.05, 4.69) is 22.0 Å². The second-order valence-corrected chi connectivity index (χ2v) is 5.05. The maximum Gasteiger partial charge on any atom is 2.00 e. The molecular formula is C16H15BrClMgN5O. The third-order valence-electron chi connectivity index (χ3n) is 3.36. The molecule has 0 amide bonds. The maximum absolute atomic E-state index is 10.6. The molecule has 0 radical (unpaired) electrons.